The molecule has 1 aliphatic heterocycles. The second-order valence-electron chi connectivity index (χ2n) is 6.75. The normalized spacial score (nSPS) is 16.1. The highest BCUT2D eigenvalue weighted by Crippen LogP contribution is 2.31. The summed E-state index contributed by atoms with van der Waals surface area (Å²) in [6.07, 6.45) is 5.05. The zero-order valence-corrected chi connectivity index (χ0v) is 15.3. The quantitative estimate of drug-likeness (QED) is 0.706. The monoisotopic (exact) mass is 380 g/mol. The number of nitrogens with one attached hydrogen (secondary N) is 1. The van der Waals surface area contributed by atoms with Gasteiger partial charge in [-0.1, -0.05) is 18.2 Å². The number of hydrogen-bond acceptors (Lipinski definition) is 5. The van der Waals surface area contributed by atoms with E-state index >= 15 is 0 Å². The van der Waals surface area contributed by atoms with E-state index in [9.17, 15) is 9.18 Å². The lowest BCUT2D eigenvalue weighted by molar-refractivity contribution is 0.1000. The van der Waals surface area contributed by atoms with Crippen molar-refractivity contribution in [1.29, 1.82) is 0 Å². The maximum absolute atomic E-state index is 14.5. The topological polar surface area (TPSA) is 91.1 Å². The van der Waals surface area contributed by atoms with Crippen molar-refractivity contribution in [3.63, 3.8) is 0 Å². The summed E-state index contributed by atoms with van der Waals surface area (Å²) in [4.78, 5) is 19.9. The second kappa shape index (κ2) is 7.77. The SMILES string of the molecule is NC(=O)c1ccc(N2CCN(C(c3cn[nH]c3)c3ccccc3F)CC2)nc1. The van der Waals surface area contributed by atoms with Gasteiger partial charge in [0, 0.05) is 49.7 Å². The summed E-state index contributed by atoms with van der Waals surface area (Å²) in [5, 5.41) is 6.88. The van der Waals surface area contributed by atoms with Crippen molar-refractivity contribution < 1.29 is 9.18 Å². The number of H-pyrrole nitrogens is 1. The maximum Gasteiger partial charge on any atom is 0.250 e. The molecule has 0 aliphatic carbocycles. The molecule has 7 nitrogen and oxygen atoms in total. The zero-order chi connectivity index (χ0) is 19.5. The number of aromatic amines is 1. The number of primary amides is 1. The number of rotatable bonds is 5. The highest BCUT2D eigenvalue weighted by Gasteiger charge is 2.29. The van der Waals surface area contributed by atoms with Gasteiger partial charge in [0.2, 0.25) is 5.91 Å². The summed E-state index contributed by atoms with van der Waals surface area (Å²) in [6.45, 7) is 2.96. The van der Waals surface area contributed by atoms with Gasteiger partial charge in [-0.05, 0) is 18.2 Å². The number of carbonyl (C=O) groups is 1. The van der Waals surface area contributed by atoms with Crippen LogP contribution in [0.1, 0.15) is 27.5 Å². The first-order valence-electron chi connectivity index (χ1n) is 9.11. The van der Waals surface area contributed by atoms with Crippen molar-refractivity contribution in [1.82, 2.24) is 20.1 Å². The fourth-order valence-electron chi connectivity index (χ4n) is 3.62. The molecule has 1 saturated heterocycles. The summed E-state index contributed by atoms with van der Waals surface area (Å²) in [6, 6.07) is 10.2. The Morgan fingerprint density at radius 3 is 2.50 bits per heavy atom. The molecule has 1 unspecified atom stereocenters. The van der Waals surface area contributed by atoms with Gasteiger partial charge in [-0.3, -0.25) is 14.8 Å². The largest absolute Gasteiger partial charge is 0.366 e. The predicted molar refractivity (Wildman–Crippen MR) is 103 cm³/mol. The number of amides is 1. The van der Waals surface area contributed by atoms with Crippen molar-refractivity contribution in [3.05, 3.63) is 77.5 Å². The number of aromatic nitrogens is 3. The van der Waals surface area contributed by atoms with Crippen molar-refractivity contribution in [3.8, 4) is 0 Å². The summed E-state index contributed by atoms with van der Waals surface area (Å²) in [5.41, 5.74) is 7.23. The summed E-state index contributed by atoms with van der Waals surface area (Å²) in [7, 11) is 0. The van der Waals surface area contributed by atoms with Gasteiger partial charge in [-0.25, -0.2) is 9.37 Å². The molecular formula is C20H21FN6O. The van der Waals surface area contributed by atoms with E-state index in [4.69, 9.17) is 5.73 Å². The number of piperazine rings is 1. The van der Waals surface area contributed by atoms with Gasteiger partial charge in [0.1, 0.15) is 11.6 Å². The van der Waals surface area contributed by atoms with Crippen molar-refractivity contribution >= 4 is 11.7 Å². The molecule has 28 heavy (non-hydrogen) atoms. The minimum absolute atomic E-state index is 0.202. The first kappa shape index (κ1) is 18.1. The van der Waals surface area contributed by atoms with E-state index in [-0.39, 0.29) is 11.9 Å². The minimum Gasteiger partial charge on any atom is -0.366 e. The molecule has 0 bridgehead atoms. The summed E-state index contributed by atoms with van der Waals surface area (Å²) < 4.78 is 14.5. The van der Waals surface area contributed by atoms with E-state index in [1.165, 1.54) is 12.3 Å². The third-order valence-corrected chi connectivity index (χ3v) is 5.07. The van der Waals surface area contributed by atoms with Crippen LogP contribution < -0.4 is 10.6 Å². The molecule has 1 aliphatic rings. The Morgan fingerprint density at radius 1 is 1.11 bits per heavy atom. The Morgan fingerprint density at radius 2 is 1.89 bits per heavy atom. The van der Waals surface area contributed by atoms with Crippen molar-refractivity contribution in [2.45, 2.75) is 6.04 Å². The van der Waals surface area contributed by atoms with Gasteiger partial charge >= 0.3 is 0 Å². The number of benzene rings is 1. The van der Waals surface area contributed by atoms with Crippen LogP contribution in [0.15, 0.2) is 55.0 Å². The Bertz CT molecular complexity index is 936. The number of pyridine rings is 1. The standard InChI is InChI=1S/C20H21FN6O/c21-17-4-2-1-3-16(17)19(15-12-24-25-13-15)27-9-7-26(8-10-27)18-6-5-14(11-23-18)20(22)28/h1-6,11-13,19H,7-10H2,(H2,22,28)(H,24,25). The maximum atomic E-state index is 14.5. The third kappa shape index (κ3) is 3.59. The van der Waals surface area contributed by atoms with E-state index < -0.39 is 5.91 Å². The molecule has 8 heteroatoms. The molecular weight excluding hydrogens is 359 g/mol. The van der Waals surface area contributed by atoms with Crippen LogP contribution in [0.4, 0.5) is 10.2 Å². The number of nitrogens with zero attached hydrogens (tertiary/aromatic N) is 4. The summed E-state index contributed by atoms with van der Waals surface area (Å²) >= 11 is 0. The van der Waals surface area contributed by atoms with Gasteiger partial charge < -0.3 is 10.6 Å². The first-order valence-corrected chi connectivity index (χ1v) is 9.11. The Hall–Kier alpha value is -3.26. The molecule has 0 radical (unpaired) electrons. The molecule has 144 valence electrons. The minimum atomic E-state index is -0.489. The number of halogens is 1. The molecule has 3 aromatic rings. The van der Waals surface area contributed by atoms with Crippen LogP contribution in [0, 0.1) is 5.82 Å². The smallest absolute Gasteiger partial charge is 0.250 e. The molecule has 0 spiro atoms. The highest BCUT2D eigenvalue weighted by atomic mass is 19.1. The molecule has 1 amide bonds. The van der Waals surface area contributed by atoms with Crippen LogP contribution in [-0.4, -0.2) is 52.2 Å². The Labute approximate surface area is 162 Å². The van der Waals surface area contributed by atoms with E-state index in [0.29, 0.717) is 11.1 Å². The average molecular weight is 380 g/mol. The lowest BCUT2D eigenvalue weighted by Gasteiger charge is -2.39. The van der Waals surface area contributed by atoms with Crippen molar-refractivity contribution in [2.24, 2.45) is 5.73 Å². The number of nitrogens with two attached hydrogens (primary N) is 1. The summed E-state index contributed by atoms with van der Waals surface area (Å²) in [5.74, 6) is 0.0898. The Kier molecular flexibility index (Phi) is 5.03. The van der Waals surface area contributed by atoms with E-state index in [0.717, 1.165) is 37.6 Å². The second-order valence-corrected chi connectivity index (χ2v) is 6.75. The van der Waals surface area contributed by atoms with Crippen molar-refractivity contribution in [2.75, 3.05) is 31.1 Å². The lowest BCUT2D eigenvalue weighted by Crippen LogP contribution is -2.48. The molecule has 0 saturated carbocycles. The van der Waals surface area contributed by atoms with Gasteiger partial charge in [0.25, 0.3) is 0 Å². The van der Waals surface area contributed by atoms with E-state index in [1.807, 2.05) is 18.3 Å². The van der Waals surface area contributed by atoms with Gasteiger partial charge in [0.05, 0.1) is 17.8 Å². The van der Waals surface area contributed by atoms with Crippen LogP contribution in [0.25, 0.3) is 0 Å². The van der Waals surface area contributed by atoms with E-state index in [1.54, 1.807) is 24.4 Å². The fraction of sp³-hybridized carbons (Fsp3) is 0.250. The van der Waals surface area contributed by atoms with Crippen LogP contribution in [0.5, 0.6) is 0 Å². The first-order chi connectivity index (χ1) is 13.6. The van der Waals surface area contributed by atoms with E-state index in [2.05, 4.69) is 25.0 Å². The molecule has 2 aromatic heterocycles. The molecule has 1 fully saturated rings. The van der Waals surface area contributed by atoms with Gasteiger partial charge in [-0.15, -0.1) is 0 Å². The predicted octanol–water partition coefficient (Wildman–Crippen LogP) is 1.95. The molecule has 1 atom stereocenters. The fourth-order valence-corrected chi connectivity index (χ4v) is 3.62. The number of hydrogen-bond donors (Lipinski definition) is 2. The third-order valence-electron chi connectivity index (χ3n) is 5.07. The van der Waals surface area contributed by atoms with Gasteiger partial charge in [0.15, 0.2) is 0 Å². The number of carbonyl (C=O) groups excluding carboxylic acids is 1. The molecule has 3 N–H and O–H groups in total. The Balaban J connectivity index is 1.52. The highest BCUT2D eigenvalue weighted by molar-refractivity contribution is 5.92. The van der Waals surface area contributed by atoms with Gasteiger partial charge in [-0.2, -0.15) is 5.10 Å². The average Bonchev–Trinajstić information content (AvgIpc) is 3.25. The molecule has 1 aromatic carbocycles. The lowest BCUT2D eigenvalue weighted by atomic mass is 9.98. The molecule has 3 heterocycles. The number of anilines is 1. The van der Waals surface area contributed by atoms with Crippen LogP contribution in [-0.2, 0) is 0 Å². The zero-order valence-electron chi connectivity index (χ0n) is 15.3. The van der Waals surface area contributed by atoms with Crippen LogP contribution in [0.3, 0.4) is 0 Å². The molecule has 4 rings (SSSR count). The van der Waals surface area contributed by atoms with Crippen LogP contribution >= 0.6 is 0 Å². The van der Waals surface area contributed by atoms with Crippen LogP contribution in [0.2, 0.25) is 0 Å².